The van der Waals surface area contributed by atoms with E-state index in [0.717, 1.165) is 0 Å². The van der Waals surface area contributed by atoms with Gasteiger partial charge in [-0.3, -0.25) is 0 Å². The van der Waals surface area contributed by atoms with Crippen LogP contribution in [-0.4, -0.2) is 16.6 Å². The maximum atomic E-state index is 5.73. The first-order chi connectivity index (χ1) is 6.08. The number of aryl methyl sites for hydroxylation is 1. The zero-order valence-electron chi connectivity index (χ0n) is 8.04. The third-order valence-corrected chi connectivity index (χ3v) is 1.54. The normalized spacial score (nSPS) is 10.5. The van der Waals surface area contributed by atoms with Gasteiger partial charge >= 0.3 is 0 Å². The van der Waals surface area contributed by atoms with Crippen LogP contribution in [0.15, 0.2) is 6.07 Å². The third kappa shape index (κ3) is 3.59. The Kier molecular flexibility index (Phi) is 3.48. The van der Waals surface area contributed by atoms with E-state index in [9.17, 15) is 0 Å². The summed E-state index contributed by atoms with van der Waals surface area (Å²) in [5.74, 6) is 1.66. The average molecular weight is 201 g/mol. The maximum Gasteiger partial charge on any atom is 0.218 e. The fourth-order valence-corrected chi connectivity index (χ4v) is 1.05. The number of halogens is 1. The highest BCUT2D eigenvalue weighted by Crippen LogP contribution is 2.13. The first-order valence-corrected chi connectivity index (χ1v) is 4.59. The Hall–Kier alpha value is -0.830. The van der Waals surface area contributed by atoms with E-state index >= 15 is 0 Å². The van der Waals surface area contributed by atoms with Crippen LogP contribution in [0.2, 0.25) is 5.15 Å². The van der Waals surface area contributed by atoms with Crippen molar-refractivity contribution in [1.82, 2.24) is 9.97 Å². The van der Waals surface area contributed by atoms with Gasteiger partial charge in [-0.15, -0.1) is 0 Å². The van der Waals surface area contributed by atoms with Gasteiger partial charge in [-0.2, -0.15) is 4.98 Å². The molecule has 1 rings (SSSR count). The minimum absolute atomic E-state index is 0.422. The lowest BCUT2D eigenvalue weighted by Gasteiger charge is -2.07. The lowest BCUT2D eigenvalue weighted by atomic mass is 10.2. The van der Waals surface area contributed by atoms with Gasteiger partial charge in [-0.25, -0.2) is 4.98 Å². The quantitative estimate of drug-likeness (QED) is 0.704. The van der Waals surface area contributed by atoms with Gasteiger partial charge in [0.05, 0.1) is 6.61 Å². The zero-order valence-corrected chi connectivity index (χ0v) is 8.80. The second-order valence-corrected chi connectivity index (χ2v) is 3.67. The number of rotatable bonds is 3. The third-order valence-electron chi connectivity index (χ3n) is 1.35. The van der Waals surface area contributed by atoms with Crippen molar-refractivity contribution in [3.63, 3.8) is 0 Å². The van der Waals surface area contributed by atoms with Crippen molar-refractivity contribution in [3.8, 4) is 5.88 Å². The fourth-order valence-electron chi connectivity index (χ4n) is 0.831. The van der Waals surface area contributed by atoms with E-state index in [2.05, 4.69) is 23.8 Å². The van der Waals surface area contributed by atoms with Gasteiger partial charge in [-0.1, -0.05) is 25.4 Å². The van der Waals surface area contributed by atoms with Crippen molar-refractivity contribution in [2.75, 3.05) is 6.61 Å². The van der Waals surface area contributed by atoms with Crippen LogP contribution in [0.25, 0.3) is 0 Å². The molecule has 0 aromatic carbocycles. The number of hydrogen-bond donors (Lipinski definition) is 0. The van der Waals surface area contributed by atoms with Crippen LogP contribution in [0, 0.1) is 12.8 Å². The molecule has 1 aromatic rings. The lowest BCUT2D eigenvalue weighted by molar-refractivity contribution is 0.260. The average Bonchev–Trinajstić information content (AvgIpc) is 1.99. The Labute approximate surface area is 83.1 Å². The first-order valence-electron chi connectivity index (χ1n) is 4.22. The molecule has 0 saturated carbocycles. The van der Waals surface area contributed by atoms with Crippen LogP contribution >= 0.6 is 11.6 Å². The number of ether oxygens (including phenoxy) is 1. The Balaban J connectivity index is 2.66. The molecule has 4 heteroatoms. The van der Waals surface area contributed by atoms with Crippen LogP contribution in [0.4, 0.5) is 0 Å². The van der Waals surface area contributed by atoms with Crippen LogP contribution < -0.4 is 4.74 Å². The molecule has 0 saturated heterocycles. The largest absolute Gasteiger partial charge is 0.477 e. The monoisotopic (exact) mass is 200 g/mol. The minimum atomic E-state index is 0.422. The van der Waals surface area contributed by atoms with Crippen molar-refractivity contribution < 1.29 is 4.74 Å². The second kappa shape index (κ2) is 4.42. The van der Waals surface area contributed by atoms with Gasteiger partial charge in [0, 0.05) is 6.07 Å². The van der Waals surface area contributed by atoms with Crippen molar-refractivity contribution in [2.45, 2.75) is 20.8 Å². The van der Waals surface area contributed by atoms with E-state index in [-0.39, 0.29) is 0 Å². The highest BCUT2D eigenvalue weighted by atomic mass is 35.5. The molecule has 0 unspecified atom stereocenters. The number of aromatic nitrogens is 2. The molecule has 0 atom stereocenters. The highest BCUT2D eigenvalue weighted by Gasteiger charge is 2.01. The summed E-state index contributed by atoms with van der Waals surface area (Å²) in [6.07, 6.45) is 0. The van der Waals surface area contributed by atoms with E-state index in [1.165, 1.54) is 0 Å². The summed E-state index contributed by atoms with van der Waals surface area (Å²) >= 11 is 5.73. The molecule has 0 radical (unpaired) electrons. The molecule has 3 nitrogen and oxygen atoms in total. The molecule has 0 aliphatic carbocycles. The Morgan fingerprint density at radius 2 is 2.15 bits per heavy atom. The summed E-state index contributed by atoms with van der Waals surface area (Å²) in [7, 11) is 0. The Morgan fingerprint density at radius 3 is 2.69 bits per heavy atom. The topological polar surface area (TPSA) is 35.0 Å². The molecular weight excluding hydrogens is 188 g/mol. The van der Waals surface area contributed by atoms with Crippen LogP contribution in [0.1, 0.15) is 19.7 Å². The van der Waals surface area contributed by atoms with Crippen molar-refractivity contribution in [2.24, 2.45) is 5.92 Å². The number of nitrogens with zero attached hydrogens (tertiary/aromatic N) is 2. The zero-order chi connectivity index (χ0) is 9.84. The van der Waals surface area contributed by atoms with E-state index in [0.29, 0.717) is 29.4 Å². The molecule has 72 valence electrons. The molecule has 0 spiro atoms. The van der Waals surface area contributed by atoms with Gasteiger partial charge in [0.2, 0.25) is 5.88 Å². The molecule has 1 heterocycles. The Bertz CT molecular complexity index is 269. The molecule has 0 amide bonds. The summed E-state index contributed by atoms with van der Waals surface area (Å²) in [5.41, 5.74) is 0. The van der Waals surface area contributed by atoms with Gasteiger partial charge in [0.1, 0.15) is 11.0 Å². The van der Waals surface area contributed by atoms with E-state index in [4.69, 9.17) is 16.3 Å². The molecule has 1 aromatic heterocycles. The van der Waals surface area contributed by atoms with E-state index < -0.39 is 0 Å². The summed E-state index contributed by atoms with van der Waals surface area (Å²) in [5, 5.41) is 0.422. The molecule has 0 aliphatic rings. The molecule has 0 N–H and O–H groups in total. The van der Waals surface area contributed by atoms with Gasteiger partial charge in [0.25, 0.3) is 0 Å². The minimum Gasteiger partial charge on any atom is -0.477 e. The summed E-state index contributed by atoms with van der Waals surface area (Å²) in [6, 6.07) is 1.62. The van der Waals surface area contributed by atoms with E-state index in [1.54, 1.807) is 13.0 Å². The molecule has 0 bridgehead atoms. The van der Waals surface area contributed by atoms with Crippen LogP contribution in [0.5, 0.6) is 5.88 Å². The predicted molar refractivity (Wildman–Crippen MR) is 52.1 cm³/mol. The molecular formula is C9H13ClN2O. The second-order valence-electron chi connectivity index (χ2n) is 3.28. The van der Waals surface area contributed by atoms with Crippen molar-refractivity contribution >= 4 is 11.6 Å². The summed E-state index contributed by atoms with van der Waals surface area (Å²) in [6.45, 7) is 6.59. The maximum absolute atomic E-state index is 5.73. The van der Waals surface area contributed by atoms with Gasteiger partial charge in [0.15, 0.2) is 0 Å². The predicted octanol–water partition coefficient (Wildman–Crippen LogP) is 2.47. The lowest BCUT2D eigenvalue weighted by Crippen LogP contribution is -2.06. The molecule has 0 aliphatic heterocycles. The summed E-state index contributed by atoms with van der Waals surface area (Å²) in [4.78, 5) is 8.02. The van der Waals surface area contributed by atoms with Gasteiger partial charge < -0.3 is 4.74 Å². The highest BCUT2D eigenvalue weighted by molar-refractivity contribution is 6.29. The van der Waals surface area contributed by atoms with Crippen LogP contribution in [-0.2, 0) is 0 Å². The van der Waals surface area contributed by atoms with Gasteiger partial charge in [-0.05, 0) is 12.8 Å². The van der Waals surface area contributed by atoms with E-state index in [1.807, 2.05) is 0 Å². The van der Waals surface area contributed by atoms with Crippen LogP contribution in [0.3, 0.4) is 0 Å². The molecule has 13 heavy (non-hydrogen) atoms. The molecule has 0 fully saturated rings. The van der Waals surface area contributed by atoms with Crippen molar-refractivity contribution in [1.29, 1.82) is 0 Å². The standard InChI is InChI=1S/C9H13ClN2O/c1-6(2)5-13-9-4-8(10)11-7(3)12-9/h4,6H,5H2,1-3H3. The fraction of sp³-hybridized carbons (Fsp3) is 0.556. The number of hydrogen-bond acceptors (Lipinski definition) is 3. The Morgan fingerprint density at radius 1 is 1.46 bits per heavy atom. The van der Waals surface area contributed by atoms with Crippen molar-refractivity contribution in [3.05, 3.63) is 17.0 Å². The first kappa shape index (κ1) is 10.3. The smallest absolute Gasteiger partial charge is 0.218 e. The SMILES string of the molecule is Cc1nc(Cl)cc(OCC(C)C)n1. The summed E-state index contributed by atoms with van der Waals surface area (Å²) < 4.78 is 5.39.